The maximum Gasteiger partial charge on any atom is 0.306 e. The molecule has 1 aliphatic heterocycles. The van der Waals surface area contributed by atoms with E-state index in [4.69, 9.17) is 5.73 Å². The minimum atomic E-state index is -0.949. The lowest BCUT2D eigenvalue weighted by molar-refractivity contribution is -0.146. The van der Waals surface area contributed by atoms with Crippen LogP contribution >= 0.6 is 0 Å². The van der Waals surface area contributed by atoms with Gasteiger partial charge in [0.15, 0.2) is 0 Å². The zero-order valence-corrected chi connectivity index (χ0v) is 21.7. The molecular formula is C27H41FN4O5. The van der Waals surface area contributed by atoms with Crippen molar-refractivity contribution in [3.63, 3.8) is 0 Å². The van der Waals surface area contributed by atoms with Gasteiger partial charge >= 0.3 is 5.97 Å². The van der Waals surface area contributed by atoms with Gasteiger partial charge in [0.05, 0.1) is 18.6 Å². The lowest BCUT2D eigenvalue weighted by Crippen LogP contribution is -2.57. The lowest BCUT2D eigenvalue weighted by Gasteiger charge is -2.33. The minimum Gasteiger partial charge on any atom is -0.481 e. The molecule has 5 N–H and O–H groups in total. The number of piperidine rings is 1. The number of amides is 3. The summed E-state index contributed by atoms with van der Waals surface area (Å²) in [4.78, 5) is 52.1. The van der Waals surface area contributed by atoms with E-state index in [0.717, 1.165) is 12.0 Å². The Hall–Kier alpha value is -3.01. The Labute approximate surface area is 218 Å². The van der Waals surface area contributed by atoms with E-state index in [0.29, 0.717) is 51.6 Å². The molecule has 0 radical (unpaired) electrons. The second kappa shape index (κ2) is 16.0. The number of unbranched alkanes of at least 4 members (excludes halogenated alkanes) is 2. The summed E-state index contributed by atoms with van der Waals surface area (Å²) in [6.07, 6.45) is 3.88. The van der Waals surface area contributed by atoms with Crippen LogP contribution in [0.5, 0.6) is 0 Å². The van der Waals surface area contributed by atoms with Crippen LogP contribution in [0, 0.1) is 5.92 Å². The first-order valence-corrected chi connectivity index (χ1v) is 13.2. The molecule has 2 rings (SSSR count). The number of carboxylic acid groups (broad SMARTS) is 1. The predicted octanol–water partition coefficient (Wildman–Crippen LogP) is 2.18. The zero-order valence-electron chi connectivity index (χ0n) is 21.7. The van der Waals surface area contributed by atoms with Crippen molar-refractivity contribution in [2.24, 2.45) is 11.7 Å². The molecular weight excluding hydrogens is 479 g/mol. The summed E-state index contributed by atoms with van der Waals surface area (Å²) in [7, 11) is 0. The Morgan fingerprint density at radius 2 is 1.62 bits per heavy atom. The van der Waals surface area contributed by atoms with Crippen molar-refractivity contribution in [2.75, 3.05) is 19.8 Å². The smallest absolute Gasteiger partial charge is 0.306 e. The maximum atomic E-state index is 13.2. The van der Waals surface area contributed by atoms with E-state index in [-0.39, 0.29) is 18.7 Å². The third-order valence-corrected chi connectivity index (χ3v) is 6.76. The van der Waals surface area contributed by atoms with Gasteiger partial charge in [-0.15, -0.1) is 0 Å². The van der Waals surface area contributed by atoms with E-state index in [9.17, 15) is 28.7 Å². The summed E-state index contributed by atoms with van der Waals surface area (Å²) in [6.45, 7) is 2.09. The molecule has 1 saturated heterocycles. The van der Waals surface area contributed by atoms with Crippen molar-refractivity contribution < 1.29 is 28.7 Å². The topological polar surface area (TPSA) is 142 Å². The van der Waals surface area contributed by atoms with Crippen LogP contribution in [0.2, 0.25) is 0 Å². The van der Waals surface area contributed by atoms with Crippen molar-refractivity contribution in [1.29, 1.82) is 0 Å². The number of carboxylic acids is 1. The van der Waals surface area contributed by atoms with Gasteiger partial charge in [-0.05, 0) is 50.5 Å². The molecule has 1 aliphatic rings. The van der Waals surface area contributed by atoms with Crippen LogP contribution in [0.1, 0.15) is 63.9 Å². The molecule has 206 valence electrons. The number of aliphatic carboxylic acids is 1. The second-order valence-corrected chi connectivity index (χ2v) is 9.68. The third kappa shape index (κ3) is 10.1. The van der Waals surface area contributed by atoms with Gasteiger partial charge in [-0.2, -0.15) is 0 Å². The number of alkyl halides is 1. The average Bonchev–Trinajstić information content (AvgIpc) is 2.90. The summed E-state index contributed by atoms with van der Waals surface area (Å²) < 4.78 is 12.7. The van der Waals surface area contributed by atoms with Crippen molar-refractivity contribution in [3.05, 3.63) is 35.9 Å². The van der Waals surface area contributed by atoms with Crippen molar-refractivity contribution >= 4 is 23.7 Å². The molecule has 0 spiro atoms. The quantitative estimate of drug-likeness (QED) is 0.261. The van der Waals surface area contributed by atoms with Gasteiger partial charge in [0, 0.05) is 13.1 Å². The summed E-state index contributed by atoms with van der Waals surface area (Å²) in [5, 5.41) is 14.7. The highest BCUT2D eigenvalue weighted by atomic mass is 19.1. The number of carbonyl (C=O) groups is 4. The van der Waals surface area contributed by atoms with Crippen LogP contribution in [0.4, 0.5) is 4.39 Å². The number of halogens is 1. The van der Waals surface area contributed by atoms with Crippen LogP contribution in [0.25, 0.3) is 0 Å². The molecule has 3 atom stereocenters. The number of benzene rings is 1. The number of rotatable bonds is 15. The Morgan fingerprint density at radius 3 is 2.22 bits per heavy atom. The number of carbonyl (C=O) groups excluding carboxylic acids is 3. The molecule has 1 unspecified atom stereocenters. The van der Waals surface area contributed by atoms with Gasteiger partial charge in [-0.3, -0.25) is 23.6 Å². The van der Waals surface area contributed by atoms with E-state index in [1.807, 2.05) is 37.3 Å². The number of nitrogens with two attached hydrogens (primary N) is 1. The normalized spacial score (nSPS) is 16.5. The zero-order chi connectivity index (χ0) is 27.2. The minimum absolute atomic E-state index is 0.220. The van der Waals surface area contributed by atoms with Gasteiger partial charge in [0.2, 0.25) is 17.7 Å². The largest absolute Gasteiger partial charge is 0.481 e. The van der Waals surface area contributed by atoms with E-state index in [1.165, 1.54) is 0 Å². The monoisotopic (exact) mass is 520 g/mol. The molecule has 0 saturated carbocycles. The summed E-state index contributed by atoms with van der Waals surface area (Å²) in [5.74, 6) is -2.58. The van der Waals surface area contributed by atoms with Crippen LogP contribution in [0.3, 0.4) is 0 Å². The van der Waals surface area contributed by atoms with E-state index < -0.39 is 48.5 Å². The van der Waals surface area contributed by atoms with Gasteiger partial charge in [0.25, 0.3) is 0 Å². The fraction of sp³-hybridized carbons (Fsp3) is 0.630. The highest BCUT2D eigenvalue weighted by molar-refractivity contribution is 5.93. The van der Waals surface area contributed by atoms with Crippen LogP contribution in [0.15, 0.2) is 30.3 Å². The van der Waals surface area contributed by atoms with Gasteiger partial charge < -0.3 is 26.4 Å². The number of nitrogens with zero attached hydrogens (tertiary/aromatic N) is 1. The number of likely N-dealkylation sites (tertiary alicyclic amines) is 1. The highest BCUT2D eigenvalue weighted by Gasteiger charge is 2.33. The number of hydrogen-bond acceptors (Lipinski definition) is 5. The molecule has 1 aromatic rings. The first kappa shape index (κ1) is 30.2. The summed E-state index contributed by atoms with van der Waals surface area (Å²) >= 11 is 0. The van der Waals surface area contributed by atoms with Crippen LogP contribution in [-0.4, -0.2) is 71.6 Å². The lowest BCUT2D eigenvalue weighted by atomic mass is 9.96. The van der Waals surface area contributed by atoms with Crippen LogP contribution < -0.4 is 16.4 Å². The molecule has 10 heteroatoms. The predicted molar refractivity (Wildman–Crippen MR) is 138 cm³/mol. The standard InChI is InChI=1S/C27H41FN4O5/c1-2-3-11-23(26(35)32-16-13-20(14-17-32)27(36)37)31-25(34)22(12-7-8-15-28)30-24(33)21(29)18-19-9-5-4-6-10-19/h4-6,9-10,20-23H,2-3,7-8,11-18,29H2,1H3,(H,30,33)(H,31,34)(H,36,37)/t21-,22-,23?/m1/s1. The van der Waals surface area contributed by atoms with Gasteiger partial charge in [-0.25, -0.2) is 0 Å². The summed E-state index contributed by atoms with van der Waals surface area (Å²) in [6, 6.07) is 6.69. The van der Waals surface area contributed by atoms with Crippen molar-refractivity contribution in [2.45, 2.75) is 82.8 Å². The Morgan fingerprint density at radius 1 is 1.00 bits per heavy atom. The molecule has 3 amide bonds. The van der Waals surface area contributed by atoms with Crippen molar-refractivity contribution in [3.8, 4) is 0 Å². The molecule has 0 aliphatic carbocycles. The van der Waals surface area contributed by atoms with Gasteiger partial charge in [-0.1, -0.05) is 50.1 Å². The van der Waals surface area contributed by atoms with Crippen molar-refractivity contribution in [1.82, 2.24) is 15.5 Å². The molecule has 1 heterocycles. The Balaban J connectivity index is 2.05. The SMILES string of the molecule is CCCCC(NC(=O)[C@@H](CCCCF)NC(=O)[C@H](N)Cc1ccccc1)C(=O)N1CCC(C(=O)O)CC1. The van der Waals surface area contributed by atoms with Crippen LogP contribution in [-0.2, 0) is 25.6 Å². The molecule has 1 fully saturated rings. The Kier molecular flexibility index (Phi) is 13.0. The molecule has 9 nitrogen and oxygen atoms in total. The summed E-state index contributed by atoms with van der Waals surface area (Å²) in [5.41, 5.74) is 6.98. The highest BCUT2D eigenvalue weighted by Crippen LogP contribution is 2.19. The average molecular weight is 521 g/mol. The number of hydrogen-bond donors (Lipinski definition) is 4. The first-order chi connectivity index (χ1) is 17.8. The fourth-order valence-corrected chi connectivity index (χ4v) is 4.46. The fourth-order valence-electron chi connectivity index (χ4n) is 4.46. The third-order valence-electron chi connectivity index (χ3n) is 6.76. The van der Waals surface area contributed by atoms with E-state index >= 15 is 0 Å². The first-order valence-electron chi connectivity index (χ1n) is 13.2. The second-order valence-electron chi connectivity index (χ2n) is 9.68. The Bertz CT molecular complexity index is 877. The molecule has 0 aromatic heterocycles. The molecule has 37 heavy (non-hydrogen) atoms. The number of nitrogens with one attached hydrogen (secondary N) is 2. The van der Waals surface area contributed by atoms with E-state index in [1.54, 1.807) is 4.90 Å². The van der Waals surface area contributed by atoms with Gasteiger partial charge in [0.1, 0.15) is 12.1 Å². The molecule has 1 aromatic carbocycles. The maximum absolute atomic E-state index is 13.2. The molecule has 0 bridgehead atoms. The van der Waals surface area contributed by atoms with E-state index in [2.05, 4.69) is 10.6 Å².